The third-order valence-electron chi connectivity index (χ3n) is 4.67. The molecule has 2 heterocycles. The van der Waals surface area contributed by atoms with Crippen LogP contribution in [0.25, 0.3) is 0 Å². The fourth-order valence-corrected chi connectivity index (χ4v) is 3.07. The molecule has 0 saturated carbocycles. The average molecular weight is 493 g/mol. The number of benzene rings is 1. The van der Waals surface area contributed by atoms with Crippen LogP contribution in [0.1, 0.15) is 28.1 Å². The summed E-state index contributed by atoms with van der Waals surface area (Å²) in [5.41, 5.74) is 5.85. The van der Waals surface area contributed by atoms with Gasteiger partial charge in [-0.1, -0.05) is 24.3 Å². The monoisotopic (exact) mass is 493 g/mol. The van der Waals surface area contributed by atoms with Gasteiger partial charge in [-0.3, -0.25) is 14.4 Å². The zero-order chi connectivity index (χ0) is 19.2. The Hall–Kier alpha value is -2.36. The average Bonchev–Trinajstić information content (AvgIpc) is 3.25. The molecule has 0 atom stereocenters. The highest BCUT2D eigenvalue weighted by molar-refractivity contribution is 14.0. The number of halogens is 1. The van der Waals surface area contributed by atoms with Crippen LogP contribution >= 0.6 is 24.0 Å². The predicted molar refractivity (Wildman–Crippen MR) is 123 cm³/mol. The first-order valence-corrected chi connectivity index (χ1v) is 9.05. The van der Waals surface area contributed by atoms with E-state index in [4.69, 9.17) is 0 Å². The van der Waals surface area contributed by atoms with Crippen molar-refractivity contribution in [3.63, 3.8) is 0 Å². The number of aromatic nitrogens is 4. The molecule has 0 amide bonds. The Morgan fingerprint density at radius 1 is 1.11 bits per heavy atom. The van der Waals surface area contributed by atoms with Crippen LogP contribution < -0.4 is 10.6 Å². The van der Waals surface area contributed by atoms with Crippen LogP contribution in [-0.2, 0) is 26.7 Å². The number of hydrogen-bond donors (Lipinski definition) is 2. The molecule has 2 N–H and O–H groups in total. The molecule has 0 saturated heterocycles. The second-order valence-corrected chi connectivity index (χ2v) is 6.58. The van der Waals surface area contributed by atoms with Gasteiger partial charge in [0.15, 0.2) is 5.96 Å². The van der Waals surface area contributed by atoms with E-state index in [0.29, 0.717) is 13.1 Å². The zero-order valence-electron chi connectivity index (χ0n) is 16.8. The predicted octanol–water partition coefficient (Wildman–Crippen LogP) is 2.76. The molecule has 0 bridgehead atoms. The van der Waals surface area contributed by atoms with E-state index >= 15 is 0 Å². The van der Waals surface area contributed by atoms with E-state index in [0.717, 1.165) is 18.2 Å². The molecule has 2 aromatic heterocycles. The van der Waals surface area contributed by atoms with Crippen molar-refractivity contribution >= 4 is 29.9 Å². The molecule has 0 aliphatic carbocycles. The quantitative estimate of drug-likeness (QED) is 0.315. The second kappa shape index (κ2) is 10.3. The number of nitrogens with one attached hydrogen (secondary N) is 2. The van der Waals surface area contributed by atoms with Gasteiger partial charge in [-0.25, -0.2) is 0 Å². The maximum Gasteiger partial charge on any atom is 0.191 e. The van der Waals surface area contributed by atoms with E-state index in [-0.39, 0.29) is 24.0 Å². The van der Waals surface area contributed by atoms with Gasteiger partial charge in [-0.2, -0.15) is 10.2 Å². The standard InChI is InChI=1S/C20H27N7.HI/c1-15-19(16(2)26(4)25-15)13-23-20(21-3)22-12-17-7-5-8-18(11-17)14-27-10-6-9-24-27;/h5-11H,12-14H2,1-4H3,(H2,21,22,23);1H. The molecule has 0 unspecified atom stereocenters. The van der Waals surface area contributed by atoms with Gasteiger partial charge in [0, 0.05) is 50.8 Å². The van der Waals surface area contributed by atoms with Crippen molar-refractivity contribution in [2.75, 3.05) is 7.05 Å². The lowest BCUT2D eigenvalue weighted by Crippen LogP contribution is -2.36. The van der Waals surface area contributed by atoms with E-state index in [9.17, 15) is 0 Å². The molecule has 3 rings (SSSR count). The lowest BCUT2D eigenvalue weighted by Gasteiger charge is -2.13. The summed E-state index contributed by atoms with van der Waals surface area (Å²) in [6.07, 6.45) is 3.77. The van der Waals surface area contributed by atoms with Crippen molar-refractivity contribution < 1.29 is 0 Å². The molecular formula is C20H28IN7. The molecule has 0 radical (unpaired) electrons. The van der Waals surface area contributed by atoms with Gasteiger partial charge < -0.3 is 10.6 Å². The number of hydrogen-bond acceptors (Lipinski definition) is 3. The fraction of sp³-hybridized carbons (Fsp3) is 0.350. The van der Waals surface area contributed by atoms with E-state index in [2.05, 4.69) is 57.0 Å². The molecule has 0 spiro atoms. The Labute approximate surface area is 183 Å². The van der Waals surface area contributed by atoms with Gasteiger partial charge in [0.25, 0.3) is 0 Å². The third-order valence-corrected chi connectivity index (χ3v) is 4.67. The lowest BCUT2D eigenvalue weighted by molar-refractivity contribution is 0.685. The van der Waals surface area contributed by atoms with Crippen LogP contribution in [0, 0.1) is 13.8 Å². The summed E-state index contributed by atoms with van der Waals surface area (Å²) in [5.74, 6) is 0.773. The first kappa shape index (κ1) is 21.9. The molecule has 0 fully saturated rings. The number of aryl methyl sites for hydroxylation is 2. The summed E-state index contributed by atoms with van der Waals surface area (Å²) in [5, 5.41) is 15.5. The van der Waals surface area contributed by atoms with Crippen LogP contribution in [0.5, 0.6) is 0 Å². The highest BCUT2D eigenvalue weighted by atomic mass is 127. The highest BCUT2D eigenvalue weighted by Crippen LogP contribution is 2.11. The first-order chi connectivity index (χ1) is 13.1. The highest BCUT2D eigenvalue weighted by Gasteiger charge is 2.09. The Bertz CT molecular complexity index is 913. The first-order valence-electron chi connectivity index (χ1n) is 9.05. The van der Waals surface area contributed by atoms with Gasteiger partial charge in [-0.15, -0.1) is 24.0 Å². The van der Waals surface area contributed by atoms with Crippen LogP contribution in [-0.4, -0.2) is 32.6 Å². The van der Waals surface area contributed by atoms with Crippen molar-refractivity contribution in [1.29, 1.82) is 0 Å². The van der Waals surface area contributed by atoms with Gasteiger partial charge in [-0.05, 0) is 31.0 Å². The van der Waals surface area contributed by atoms with Gasteiger partial charge in [0.2, 0.25) is 0 Å². The summed E-state index contributed by atoms with van der Waals surface area (Å²) in [4.78, 5) is 4.32. The van der Waals surface area contributed by atoms with Crippen molar-refractivity contribution in [2.24, 2.45) is 12.0 Å². The number of guanidine groups is 1. The van der Waals surface area contributed by atoms with Crippen molar-refractivity contribution in [1.82, 2.24) is 30.2 Å². The molecule has 0 aliphatic rings. The smallest absolute Gasteiger partial charge is 0.191 e. The summed E-state index contributed by atoms with van der Waals surface area (Å²) in [6, 6.07) is 10.4. The number of rotatable bonds is 6. The van der Waals surface area contributed by atoms with E-state index in [1.165, 1.54) is 22.4 Å². The maximum atomic E-state index is 4.46. The van der Waals surface area contributed by atoms with Crippen molar-refractivity contribution in [3.8, 4) is 0 Å². The molecule has 28 heavy (non-hydrogen) atoms. The minimum Gasteiger partial charge on any atom is -0.352 e. The largest absolute Gasteiger partial charge is 0.352 e. The van der Waals surface area contributed by atoms with Crippen LogP contribution in [0.15, 0.2) is 47.7 Å². The maximum absolute atomic E-state index is 4.46. The Kier molecular flexibility index (Phi) is 8.04. The SMILES string of the molecule is CN=C(NCc1cccc(Cn2cccn2)c1)NCc1c(C)nn(C)c1C.I. The molecule has 1 aromatic carbocycles. The minimum atomic E-state index is 0. The van der Waals surface area contributed by atoms with Crippen LogP contribution in [0.3, 0.4) is 0 Å². The third kappa shape index (κ3) is 5.57. The number of nitrogens with zero attached hydrogens (tertiary/aromatic N) is 5. The van der Waals surface area contributed by atoms with Crippen molar-refractivity contribution in [3.05, 3.63) is 70.8 Å². The van der Waals surface area contributed by atoms with E-state index in [1.807, 2.05) is 35.6 Å². The topological polar surface area (TPSA) is 72.1 Å². The normalized spacial score (nSPS) is 11.2. The van der Waals surface area contributed by atoms with E-state index < -0.39 is 0 Å². The Balaban J connectivity index is 0.00000280. The van der Waals surface area contributed by atoms with Gasteiger partial charge >= 0.3 is 0 Å². The summed E-state index contributed by atoms with van der Waals surface area (Å²) in [7, 11) is 3.75. The second-order valence-electron chi connectivity index (χ2n) is 6.58. The lowest BCUT2D eigenvalue weighted by atomic mass is 10.1. The van der Waals surface area contributed by atoms with Crippen LogP contribution in [0.4, 0.5) is 0 Å². The zero-order valence-corrected chi connectivity index (χ0v) is 19.1. The summed E-state index contributed by atoms with van der Waals surface area (Å²) >= 11 is 0. The Morgan fingerprint density at radius 2 is 1.86 bits per heavy atom. The van der Waals surface area contributed by atoms with Crippen LogP contribution in [0.2, 0.25) is 0 Å². The fourth-order valence-electron chi connectivity index (χ4n) is 3.07. The summed E-state index contributed by atoms with van der Waals surface area (Å²) in [6.45, 7) is 6.29. The van der Waals surface area contributed by atoms with Gasteiger partial charge in [0.1, 0.15) is 0 Å². The Morgan fingerprint density at radius 3 is 2.50 bits per heavy atom. The van der Waals surface area contributed by atoms with Crippen molar-refractivity contribution in [2.45, 2.75) is 33.5 Å². The summed E-state index contributed by atoms with van der Waals surface area (Å²) < 4.78 is 3.83. The molecule has 150 valence electrons. The minimum absolute atomic E-state index is 0. The molecule has 7 nitrogen and oxygen atoms in total. The number of aliphatic imine (C=N–C) groups is 1. The molecule has 8 heteroatoms. The molecule has 0 aliphatic heterocycles. The molecular weight excluding hydrogens is 465 g/mol. The van der Waals surface area contributed by atoms with Gasteiger partial charge in [0.05, 0.1) is 12.2 Å². The molecule has 3 aromatic rings. The van der Waals surface area contributed by atoms with E-state index in [1.54, 1.807) is 13.2 Å².